The molecular weight excluding hydrogens is 381 g/mol. The molecule has 2 rings (SSSR count). The molecular formula is C18H23F3N2O3S. The summed E-state index contributed by atoms with van der Waals surface area (Å²) in [6.45, 7) is 5.84. The number of nitrogens with zero attached hydrogens (tertiary/aromatic N) is 1. The average Bonchev–Trinajstić information content (AvgIpc) is 3.00. The second-order valence-corrected chi connectivity index (χ2v) is 8.16. The first kappa shape index (κ1) is 21.6. The number of fused-ring (bicyclic) bond motifs is 1. The van der Waals surface area contributed by atoms with Crippen molar-refractivity contribution in [2.45, 2.75) is 45.4 Å². The standard InChI is InChI=1S/C18H23F3N2O3S/c1-4-11(2)10-27-6-5-17(3,24)16-8-12-7-15(23(25)26)13(18(19,20)21)9-14(12)22-16/h7-9,11,22,24H,4-6,10H2,1-3H3. The Labute approximate surface area is 159 Å². The Hall–Kier alpha value is -1.74. The molecule has 0 radical (unpaired) electrons. The molecule has 0 aliphatic heterocycles. The van der Waals surface area contributed by atoms with Crippen LogP contribution in [0.5, 0.6) is 0 Å². The number of nitrogens with one attached hydrogen (secondary N) is 1. The summed E-state index contributed by atoms with van der Waals surface area (Å²) in [5, 5.41) is 22.0. The zero-order valence-corrected chi connectivity index (χ0v) is 16.2. The highest BCUT2D eigenvalue weighted by Gasteiger charge is 2.39. The molecule has 1 heterocycles. The van der Waals surface area contributed by atoms with Gasteiger partial charge in [0.1, 0.15) is 11.2 Å². The lowest BCUT2D eigenvalue weighted by atomic mass is 9.99. The highest BCUT2D eigenvalue weighted by molar-refractivity contribution is 7.99. The smallest absolute Gasteiger partial charge is 0.384 e. The van der Waals surface area contributed by atoms with E-state index in [2.05, 4.69) is 18.8 Å². The monoisotopic (exact) mass is 404 g/mol. The number of aliphatic hydroxyl groups is 1. The Morgan fingerprint density at radius 1 is 1.33 bits per heavy atom. The quantitative estimate of drug-likeness (QED) is 0.347. The molecule has 1 aromatic carbocycles. The zero-order chi connectivity index (χ0) is 20.4. The van der Waals surface area contributed by atoms with E-state index in [4.69, 9.17) is 0 Å². The van der Waals surface area contributed by atoms with Crippen LogP contribution in [0.2, 0.25) is 0 Å². The van der Waals surface area contributed by atoms with Gasteiger partial charge in [-0.25, -0.2) is 0 Å². The van der Waals surface area contributed by atoms with Crippen LogP contribution in [-0.2, 0) is 11.8 Å². The van der Waals surface area contributed by atoms with Crippen LogP contribution in [0.15, 0.2) is 18.2 Å². The van der Waals surface area contributed by atoms with Gasteiger partial charge in [0, 0.05) is 22.7 Å². The van der Waals surface area contributed by atoms with E-state index in [9.17, 15) is 28.4 Å². The maximum Gasteiger partial charge on any atom is 0.423 e. The van der Waals surface area contributed by atoms with Crippen molar-refractivity contribution < 1.29 is 23.2 Å². The number of thioether (sulfide) groups is 1. The molecule has 1 aromatic heterocycles. The Morgan fingerprint density at radius 3 is 2.56 bits per heavy atom. The molecule has 2 N–H and O–H groups in total. The minimum Gasteiger partial charge on any atom is -0.384 e. The van der Waals surface area contributed by atoms with E-state index in [0.717, 1.165) is 24.3 Å². The summed E-state index contributed by atoms with van der Waals surface area (Å²) in [7, 11) is 0. The minimum atomic E-state index is -4.84. The molecule has 0 aliphatic rings. The Bertz CT molecular complexity index is 818. The number of hydrogen-bond donors (Lipinski definition) is 2. The molecule has 27 heavy (non-hydrogen) atoms. The fraction of sp³-hybridized carbons (Fsp3) is 0.556. The number of nitro groups is 1. The SMILES string of the molecule is CCC(C)CSCCC(C)(O)c1cc2cc([N+](=O)[O-])c(C(F)(F)F)cc2[nH]1. The number of rotatable bonds is 8. The third-order valence-electron chi connectivity index (χ3n) is 4.65. The molecule has 2 atom stereocenters. The predicted octanol–water partition coefficient (Wildman–Crippen LogP) is 5.47. The van der Waals surface area contributed by atoms with Crippen molar-refractivity contribution in [2.75, 3.05) is 11.5 Å². The normalized spacial score (nSPS) is 15.7. The summed E-state index contributed by atoms with van der Waals surface area (Å²) < 4.78 is 39.3. The first-order valence-electron chi connectivity index (χ1n) is 8.64. The van der Waals surface area contributed by atoms with Crippen LogP contribution in [0.3, 0.4) is 0 Å². The summed E-state index contributed by atoms with van der Waals surface area (Å²) in [6.07, 6.45) is -3.35. The van der Waals surface area contributed by atoms with E-state index >= 15 is 0 Å². The maximum atomic E-state index is 13.1. The number of nitro benzene ring substituents is 1. The molecule has 0 bridgehead atoms. The van der Waals surface area contributed by atoms with Crippen molar-refractivity contribution in [3.05, 3.63) is 39.6 Å². The van der Waals surface area contributed by atoms with Gasteiger partial charge in [-0.1, -0.05) is 20.3 Å². The van der Waals surface area contributed by atoms with Crippen molar-refractivity contribution in [3.8, 4) is 0 Å². The molecule has 0 aliphatic carbocycles. The van der Waals surface area contributed by atoms with Gasteiger partial charge in [-0.05, 0) is 42.9 Å². The van der Waals surface area contributed by atoms with Gasteiger partial charge in [0.25, 0.3) is 5.69 Å². The number of benzene rings is 1. The van der Waals surface area contributed by atoms with Crippen LogP contribution < -0.4 is 0 Å². The molecule has 0 saturated heterocycles. The van der Waals surface area contributed by atoms with Crippen LogP contribution in [0.1, 0.15) is 44.9 Å². The summed E-state index contributed by atoms with van der Waals surface area (Å²) >= 11 is 1.71. The van der Waals surface area contributed by atoms with Crippen LogP contribution in [0, 0.1) is 16.0 Å². The van der Waals surface area contributed by atoms with Gasteiger partial charge in [-0.3, -0.25) is 10.1 Å². The first-order valence-corrected chi connectivity index (χ1v) is 9.80. The van der Waals surface area contributed by atoms with Crippen LogP contribution in [-0.4, -0.2) is 26.5 Å². The lowest BCUT2D eigenvalue weighted by Crippen LogP contribution is -2.22. The average molecular weight is 404 g/mol. The van der Waals surface area contributed by atoms with E-state index in [1.54, 1.807) is 18.7 Å². The fourth-order valence-corrected chi connectivity index (χ4v) is 3.99. The van der Waals surface area contributed by atoms with Gasteiger partial charge < -0.3 is 10.1 Å². The number of aromatic nitrogens is 1. The molecule has 2 aromatic rings. The second-order valence-electron chi connectivity index (χ2n) is 7.01. The highest BCUT2D eigenvalue weighted by Crippen LogP contribution is 2.39. The van der Waals surface area contributed by atoms with Crippen molar-refractivity contribution in [1.82, 2.24) is 4.98 Å². The van der Waals surface area contributed by atoms with Gasteiger partial charge >= 0.3 is 6.18 Å². The van der Waals surface area contributed by atoms with Gasteiger partial charge in [-0.2, -0.15) is 24.9 Å². The van der Waals surface area contributed by atoms with Crippen molar-refractivity contribution in [3.63, 3.8) is 0 Å². The van der Waals surface area contributed by atoms with Crippen molar-refractivity contribution in [1.29, 1.82) is 0 Å². The largest absolute Gasteiger partial charge is 0.423 e. The maximum absolute atomic E-state index is 13.1. The number of aromatic amines is 1. The third kappa shape index (κ3) is 5.16. The third-order valence-corrected chi connectivity index (χ3v) is 5.95. The molecule has 5 nitrogen and oxygen atoms in total. The predicted molar refractivity (Wildman–Crippen MR) is 101 cm³/mol. The number of alkyl halides is 3. The molecule has 0 amide bonds. The summed E-state index contributed by atoms with van der Waals surface area (Å²) in [6, 6.07) is 3.10. The zero-order valence-electron chi connectivity index (χ0n) is 15.4. The summed E-state index contributed by atoms with van der Waals surface area (Å²) in [5.74, 6) is 2.25. The number of hydrogen-bond acceptors (Lipinski definition) is 4. The first-order chi connectivity index (χ1) is 12.5. The van der Waals surface area contributed by atoms with Crippen LogP contribution in [0.25, 0.3) is 10.9 Å². The molecule has 0 spiro atoms. The molecule has 2 unspecified atom stereocenters. The minimum absolute atomic E-state index is 0.107. The number of halogens is 3. The highest BCUT2D eigenvalue weighted by atomic mass is 32.2. The molecule has 0 fully saturated rings. The molecule has 150 valence electrons. The van der Waals surface area contributed by atoms with E-state index < -0.39 is 28.0 Å². The Balaban J connectivity index is 2.28. The van der Waals surface area contributed by atoms with Crippen molar-refractivity contribution >= 4 is 28.4 Å². The van der Waals surface area contributed by atoms with E-state index in [1.807, 2.05) is 0 Å². The lowest BCUT2D eigenvalue weighted by molar-refractivity contribution is -0.387. The summed E-state index contributed by atoms with van der Waals surface area (Å²) in [5.41, 5.74) is -3.12. The van der Waals surface area contributed by atoms with E-state index in [1.165, 1.54) is 6.07 Å². The van der Waals surface area contributed by atoms with Crippen molar-refractivity contribution in [2.24, 2.45) is 5.92 Å². The van der Waals surface area contributed by atoms with Gasteiger partial charge in [0.2, 0.25) is 0 Å². The van der Waals surface area contributed by atoms with Crippen LogP contribution in [0.4, 0.5) is 18.9 Å². The lowest BCUT2D eigenvalue weighted by Gasteiger charge is -2.22. The fourth-order valence-electron chi connectivity index (χ4n) is 2.64. The topological polar surface area (TPSA) is 79.2 Å². The van der Waals surface area contributed by atoms with Crippen LogP contribution >= 0.6 is 11.8 Å². The van der Waals surface area contributed by atoms with Gasteiger partial charge in [0.15, 0.2) is 0 Å². The number of H-pyrrole nitrogens is 1. The van der Waals surface area contributed by atoms with E-state index in [-0.39, 0.29) is 10.9 Å². The molecule has 0 saturated carbocycles. The van der Waals surface area contributed by atoms with Gasteiger partial charge in [0.05, 0.1) is 4.92 Å². The van der Waals surface area contributed by atoms with Gasteiger partial charge in [-0.15, -0.1) is 0 Å². The molecule has 9 heteroatoms. The summed E-state index contributed by atoms with van der Waals surface area (Å²) in [4.78, 5) is 12.8. The second kappa shape index (κ2) is 8.10. The van der Waals surface area contributed by atoms with E-state index in [0.29, 0.717) is 23.8 Å². The Morgan fingerprint density at radius 2 is 2.00 bits per heavy atom. The Kier molecular flexibility index (Phi) is 6.47.